The highest BCUT2D eigenvalue weighted by molar-refractivity contribution is 8.93. The Morgan fingerprint density at radius 3 is 2.45 bits per heavy atom. The van der Waals surface area contributed by atoms with Gasteiger partial charge in [-0.1, -0.05) is 24.3 Å². The van der Waals surface area contributed by atoms with Gasteiger partial charge in [0.05, 0.1) is 14.2 Å². The van der Waals surface area contributed by atoms with Crippen LogP contribution in [0, 0.1) is 5.82 Å². The van der Waals surface area contributed by atoms with Crippen LogP contribution in [-0.4, -0.2) is 20.8 Å². The summed E-state index contributed by atoms with van der Waals surface area (Å²) in [5.74, 6) is 1.40. The van der Waals surface area contributed by atoms with E-state index in [0.29, 0.717) is 19.5 Å². The zero-order valence-electron chi connectivity index (χ0n) is 12.8. The van der Waals surface area contributed by atoms with Crippen LogP contribution in [0.25, 0.3) is 0 Å². The summed E-state index contributed by atoms with van der Waals surface area (Å²) in [6.07, 6.45) is 0.658. The molecule has 2 rings (SSSR count). The van der Waals surface area contributed by atoms with Crippen LogP contribution in [0.2, 0.25) is 0 Å². The Morgan fingerprint density at radius 1 is 1.00 bits per heavy atom. The Kier molecular flexibility index (Phi) is 7.91. The standard InChI is InChI=1S/C17H20FNO2.BrH/c1-20-15-8-7-14(17(11-15)21-2)12-19-10-9-13-5-3-4-6-16(13)18;/h3-8,11,19H,9-10,12H2,1-2H3;1H. The summed E-state index contributed by atoms with van der Waals surface area (Å²) in [5.41, 5.74) is 1.78. The molecule has 22 heavy (non-hydrogen) atoms. The first-order valence-corrected chi connectivity index (χ1v) is 6.89. The molecule has 0 unspecified atom stereocenters. The number of halogens is 2. The molecule has 0 aliphatic carbocycles. The van der Waals surface area contributed by atoms with Gasteiger partial charge in [-0.15, -0.1) is 17.0 Å². The van der Waals surface area contributed by atoms with Crippen LogP contribution in [-0.2, 0) is 13.0 Å². The maximum absolute atomic E-state index is 13.5. The minimum Gasteiger partial charge on any atom is -0.497 e. The van der Waals surface area contributed by atoms with Crippen LogP contribution >= 0.6 is 17.0 Å². The summed E-state index contributed by atoms with van der Waals surface area (Å²) in [5, 5.41) is 3.30. The number of hydrogen-bond donors (Lipinski definition) is 1. The minimum absolute atomic E-state index is 0. The van der Waals surface area contributed by atoms with E-state index in [2.05, 4.69) is 5.32 Å². The number of rotatable bonds is 7. The summed E-state index contributed by atoms with van der Waals surface area (Å²) in [7, 11) is 3.26. The predicted molar refractivity (Wildman–Crippen MR) is 91.7 cm³/mol. The molecule has 2 aromatic rings. The lowest BCUT2D eigenvalue weighted by Gasteiger charge is -2.11. The summed E-state index contributed by atoms with van der Waals surface area (Å²) >= 11 is 0. The van der Waals surface area contributed by atoms with E-state index in [1.54, 1.807) is 20.3 Å². The molecule has 0 aromatic heterocycles. The number of nitrogens with one attached hydrogen (secondary N) is 1. The molecule has 0 amide bonds. The van der Waals surface area contributed by atoms with Gasteiger partial charge in [0, 0.05) is 18.2 Å². The zero-order valence-corrected chi connectivity index (χ0v) is 14.5. The smallest absolute Gasteiger partial charge is 0.127 e. The highest BCUT2D eigenvalue weighted by Gasteiger charge is 2.05. The molecule has 0 fully saturated rings. The van der Waals surface area contributed by atoms with Gasteiger partial charge in [0.1, 0.15) is 17.3 Å². The van der Waals surface area contributed by atoms with Gasteiger partial charge in [-0.05, 0) is 30.7 Å². The van der Waals surface area contributed by atoms with Gasteiger partial charge < -0.3 is 14.8 Å². The second kappa shape index (κ2) is 9.43. The van der Waals surface area contributed by atoms with Crippen molar-refractivity contribution in [2.45, 2.75) is 13.0 Å². The highest BCUT2D eigenvalue weighted by atomic mass is 79.9. The molecule has 0 radical (unpaired) electrons. The largest absolute Gasteiger partial charge is 0.497 e. The fraction of sp³-hybridized carbons (Fsp3) is 0.294. The average Bonchev–Trinajstić information content (AvgIpc) is 2.53. The Bertz CT molecular complexity index is 593. The highest BCUT2D eigenvalue weighted by Crippen LogP contribution is 2.24. The SMILES string of the molecule is Br.COc1ccc(CNCCc2ccccc2F)c(OC)c1. The van der Waals surface area contributed by atoms with Crippen molar-refractivity contribution in [3.8, 4) is 11.5 Å². The van der Waals surface area contributed by atoms with Crippen molar-refractivity contribution in [2.24, 2.45) is 0 Å². The van der Waals surface area contributed by atoms with Crippen LogP contribution in [0.1, 0.15) is 11.1 Å². The lowest BCUT2D eigenvalue weighted by molar-refractivity contribution is 0.390. The van der Waals surface area contributed by atoms with Crippen LogP contribution < -0.4 is 14.8 Å². The van der Waals surface area contributed by atoms with Gasteiger partial charge in [-0.2, -0.15) is 0 Å². The van der Waals surface area contributed by atoms with Crippen molar-refractivity contribution in [3.05, 3.63) is 59.4 Å². The molecule has 0 saturated carbocycles. The molecular weight excluding hydrogens is 349 g/mol. The van der Waals surface area contributed by atoms with Crippen LogP contribution in [0.4, 0.5) is 4.39 Å². The number of ether oxygens (including phenoxy) is 2. The van der Waals surface area contributed by atoms with Crippen LogP contribution in [0.3, 0.4) is 0 Å². The molecule has 0 spiro atoms. The molecule has 120 valence electrons. The number of hydrogen-bond acceptors (Lipinski definition) is 3. The Labute approximate surface area is 141 Å². The van der Waals surface area contributed by atoms with E-state index in [9.17, 15) is 4.39 Å². The van der Waals surface area contributed by atoms with E-state index in [-0.39, 0.29) is 22.8 Å². The van der Waals surface area contributed by atoms with E-state index >= 15 is 0 Å². The van der Waals surface area contributed by atoms with E-state index in [1.165, 1.54) is 6.07 Å². The van der Waals surface area contributed by atoms with E-state index in [4.69, 9.17) is 9.47 Å². The Hall–Kier alpha value is -1.59. The predicted octanol–water partition coefficient (Wildman–Crippen LogP) is 3.75. The minimum atomic E-state index is -0.152. The van der Waals surface area contributed by atoms with Gasteiger partial charge in [0.15, 0.2) is 0 Å². The maximum atomic E-state index is 13.5. The summed E-state index contributed by atoms with van der Waals surface area (Å²) in [4.78, 5) is 0. The average molecular weight is 370 g/mol. The molecule has 2 aromatic carbocycles. The van der Waals surface area contributed by atoms with Crippen molar-refractivity contribution < 1.29 is 13.9 Å². The van der Waals surface area contributed by atoms with Gasteiger partial charge in [0.2, 0.25) is 0 Å². The van der Waals surface area contributed by atoms with Crippen LogP contribution in [0.15, 0.2) is 42.5 Å². The van der Waals surface area contributed by atoms with E-state index in [1.807, 2.05) is 30.3 Å². The zero-order chi connectivity index (χ0) is 15.1. The Balaban J connectivity index is 0.00000242. The quantitative estimate of drug-likeness (QED) is 0.753. The molecule has 0 saturated heterocycles. The van der Waals surface area contributed by atoms with Crippen LogP contribution in [0.5, 0.6) is 11.5 Å². The molecular formula is C17H21BrFNO2. The monoisotopic (exact) mass is 369 g/mol. The third-order valence-electron chi connectivity index (χ3n) is 3.34. The Morgan fingerprint density at radius 2 is 1.77 bits per heavy atom. The third-order valence-corrected chi connectivity index (χ3v) is 3.34. The van der Waals surface area contributed by atoms with Gasteiger partial charge in [-0.25, -0.2) is 4.39 Å². The summed E-state index contributed by atoms with van der Waals surface area (Å²) < 4.78 is 24.0. The van der Waals surface area contributed by atoms with Crippen molar-refractivity contribution in [2.75, 3.05) is 20.8 Å². The first kappa shape index (κ1) is 18.5. The third kappa shape index (κ3) is 5.00. The molecule has 0 aliphatic rings. The first-order chi connectivity index (χ1) is 10.2. The van der Waals surface area contributed by atoms with E-state index in [0.717, 1.165) is 22.6 Å². The van der Waals surface area contributed by atoms with Crippen molar-refractivity contribution in [1.82, 2.24) is 5.32 Å². The van der Waals surface area contributed by atoms with E-state index < -0.39 is 0 Å². The normalized spacial score (nSPS) is 9.95. The van der Waals surface area contributed by atoms with Gasteiger partial charge in [-0.3, -0.25) is 0 Å². The molecule has 1 N–H and O–H groups in total. The van der Waals surface area contributed by atoms with Crippen molar-refractivity contribution >= 4 is 17.0 Å². The number of benzene rings is 2. The maximum Gasteiger partial charge on any atom is 0.127 e. The summed E-state index contributed by atoms with van der Waals surface area (Å²) in [6, 6.07) is 12.6. The lowest BCUT2D eigenvalue weighted by atomic mass is 10.1. The second-order valence-electron chi connectivity index (χ2n) is 4.70. The molecule has 0 heterocycles. The second-order valence-corrected chi connectivity index (χ2v) is 4.70. The van der Waals surface area contributed by atoms with Gasteiger partial charge in [0.25, 0.3) is 0 Å². The molecule has 0 bridgehead atoms. The summed E-state index contributed by atoms with van der Waals surface area (Å²) in [6.45, 7) is 1.37. The number of methoxy groups -OCH3 is 2. The molecule has 0 atom stereocenters. The van der Waals surface area contributed by atoms with Gasteiger partial charge >= 0.3 is 0 Å². The molecule has 0 aliphatic heterocycles. The molecule has 5 heteroatoms. The lowest BCUT2D eigenvalue weighted by Crippen LogP contribution is -2.17. The fourth-order valence-electron chi connectivity index (χ4n) is 2.15. The molecule has 3 nitrogen and oxygen atoms in total. The van der Waals surface area contributed by atoms with Crippen molar-refractivity contribution in [1.29, 1.82) is 0 Å². The topological polar surface area (TPSA) is 30.5 Å². The fourth-order valence-corrected chi connectivity index (χ4v) is 2.15. The van der Waals surface area contributed by atoms with Crippen molar-refractivity contribution in [3.63, 3.8) is 0 Å². The first-order valence-electron chi connectivity index (χ1n) is 6.89.